The average Bonchev–Trinajstić information content (AvgIpc) is 2.99. The molecule has 0 aromatic heterocycles. The molecule has 2 saturated heterocycles. The van der Waals surface area contributed by atoms with Gasteiger partial charge >= 0.3 is 6.09 Å². The molecule has 0 aliphatic carbocycles. The third kappa shape index (κ3) is 3.53. The molecule has 0 bridgehead atoms. The maximum atomic E-state index is 11.5. The van der Waals surface area contributed by atoms with E-state index in [1.807, 2.05) is 0 Å². The highest BCUT2D eigenvalue weighted by Crippen LogP contribution is 2.21. The predicted octanol–water partition coefficient (Wildman–Crippen LogP) is 2.04. The number of piperidine rings is 1. The van der Waals surface area contributed by atoms with E-state index in [9.17, 15) is 4.79 Å². The van der Waals surface area contributed by atoms with Gasteiger partial charge in [0.1, 0.15) is 6.61 Å². The Balaban J connectivity index is 1.51. The molecule has 0 unspecified atom stereocenters. The monoisotopic (exact) mass is 303 g/mol. The first-order valence-electron chi connectivity index (χ1n) is 8.16. The Morgan fingerprint density at radius 1 is 1.27 bits per heavy atom. The first-order valence-corrected chi connectivity index (χ1v) is 8.16. The van der Waals surface area contributed by atoms with Gasteiger partial charge in [0.25, 0.3) is 0 Å². The second-order valence-corrected chi connectivity index (χ2v) is 6.16. The fourth-order valence-electron chi connectivity index (χ4n) is 3.28. The van der Waals surface area contributed by atoms with Crippen LogP contribution in [0.5, 0.6) is 0 Å². The number of carbonyl (C=O) groups excluding carboxylic acids is 1. The number of likely N-dealkylation sites (N-methyl/N-ethyl adjacent to an activating group) is 1. The third-order valence-electron chi connectivity index (χ3n) is 4.71. The summed E-state index contributed by atoms with van der Waals surface area (Å²) in [6.07, 6.45) is 2.28. The van der Waals surface area contributed by atoms with Gasteiger partial charge in [-0.15, -0.1) is 0 Å². The van der Waals surface area contributed by atoms with Crippen molar-refractivity contribution < 1.29 is 9.53 Å². The van der Waals surface area contributed by atoms with Crippen LogP contribution in [-0.4, -0.2) is 68.3 Å². The summed E-state index contributed by atoms with van der Waals surface area (Å²) in [4.78, 5) is 18.1. The van der Waals surface area contributed by atoms with Gasteiger partial charge in [-0.3, -0.25) is 4.90 Å². The lowest BCUT2D eigenvalue weighted by molar-refractivity contribution is 0.149. The van der Waals surface area contributed by atoms with Crippen LogP contribution in [0.4, 0.5) is 10.5 Å². The predicted molar refractivity (Wildman–Crippen MR) is 87.2 cm³/mol. The Morgan fingerprint density at radius 2 is 2.09 bits per heavy atom. The van der Waals surface area contributed by atoms with Crippen LogP contribution in [0.1, 0.15) is 12.8 Å². The molecule has 2 heterocycles. The van der Waals surface area contributed by atoms with Crippen molar-refractivity contribution in [3.8, 4) is 0 Å². The SMILES string of the molecule is CN(CCN1CCOC1=O)[C@H]1CCCN(c2ccccc2)C1. The lowest BCUT2D eigenvalue weighted by Crippen LogP contribution is -2.48. The number of para-hydroxylation sites is 1. The van der Waals surface area contributed by atoms with Gasteiger partial charge < -0.3 is 14.5 Å². The van der Waals surface area contributed by atoms with Crippen LogP contribution in [0.3, 0.4) is 0 Å². The number of hydrogen-bond donors (Lipinski definition) is 0. The standard InChI is InChI=1S/C17H25N3O2/c1-18(10-11-19-12-13-22-17(19)21)16-8-5-9-20(14-16)15-6-3-2-4-7-15/h2-4,6-7,16H,5,8-14H2,1H3/t16-/m0/s1. The molecule has 5 nitrogen and oxygen atoms in total. The van der Waals surface area contributed by atoms with E-state index >= 15 is 0 Å². The first-order chi connectivity index (χ1) is 10.7. The van der Waals surface area contributed by atoms with Crippen LogP contribution < -0.4 is 4.90 Å². The van der Waals surface area contributed by atoms with Crippen LogP contribution in [0.25, 0.3) is 0 Å². The lowest BCUT2D eigenvalue weighted by atomic mass is 10.0. The molecule has 0 N–H and O–H groups in total. The number of cyclic esters (lactones) is 1. The van der Waals surface area contributed by atoms with Gasteiger partial charge in [-0.25, -0.2) is 4.79 Å². The number of benzene rings is 1. The highest BCUT2D eigenvalue weighted by atomic mass is 16.6. The van der Waals surface area contributed by atoms with Crippen molar-refractivity contribution in [1.29, 1.82) is 0 Å². The largest absolute Gasteiger partial charge is 0.448 e. The lowest BCUT2D eigenvalue weighted by Gasteiger charge is -2.39. The second kappa shape index (κ2) is 7.01. The fraction of sp³-hybridized carbons (Fsp3) is 0.588. The number of ether oxygens (including phenoxy) is 1. The van der Waals surface area contributed by atoms with E-state index in [-0.39, 0.29) is 6.09 Å². The van der Waals surface area contributed by atoms with Gasteiger partial charge in [-0.05, 0) is 32.0 Å². The second-order valence-electron chi connectivity index (χ2n) is 6.16. The summed E-state index contributed by atoms with van der Waals surface area (Å²) < 4.78 is 4.98. The van der Waals surface area contributed by atoms with Gasteiger partial charge in [0.2, 0.25) is 0 Å². The molecular formula is C17H25N3O2. The van der Waals surface area contributed by atoms with Crippen molar-refractivity contribution >= 4 is 11.8 Å². The van der Waals surface area contributed by atoms with Crippen LogP contribution in [0.15, 0.2) is 30.3 Å². The minimum Gasteiger partial charge on any atom is -0.448 e. The number of carbonyl (C=O) groups is 1. The number of anilines is 1. The van der Waals surface area contributed by atoms with Gasteiger partial charge in [-0.2, -0.15) is 0 Å². The summed E-state index contributed by atoms with van der Waals surface area (Å²) in [5, 5.41) is 0. The van der Waals surface area contributed by atoms with Crippen molar-refractivity contribution in [3.05, 3.63) is 30.3 Å². The minimum atomic E-state index is -0.164. The quantitative estimate of drug-likeness (QED) is 0.834. The molecular weight excluding hydrogens is 278 g/mol. The minimum absolute atomic E-state index is 0.164. The van der Waals surface area contributed by atoms with Crippen LogP contribution in [0.2, 0.25) is 0 Å². The Hall–Kier alpha value is -1.75. The van der Waals surface area contributed by atoms with Crippen LogP contribution in [0, 0.1) is 0 Å². The maximum Gasteiger partial charge on any atom is 0.409 e. The molecule has 120 valence electrons. The van der Waals surface area contributed by atoms with E-state index in [1.165, 1.54) is 18.5 Å². The van der Waals surface area contributed by atoms with Crippen molar-refractivity contribution in [2.24, 2.45) is 0 Å². The molecule has 0 spiro atoms. The number of hydrogen-bond acceptors (Lipinski definition) is 4. The molecule has 2 fully saturated rings. The molecule has 1 aromatic rings. The topological polar surface area (TPSA) is 36.0 Å². The zero-order chi connectivity index (χ0) is 15.4. The molecule has 0 radical (unpaired) electrons. The molecule has 0 saturated carbocycles. The maximum absolute atomic E-state index is 11.5. The summed E-state index contributed by atoms with van der Waals surface area (Å²) in [5.41, 5.74) is 1.31. The first kappa shape index (κ1) is 15.2. The highest BCUT2D eigenvalue weighted by molar-refractivity contribution is 5.69. The van der Waals surface area contributed by atoms with Gasteiger partial charge in [0.15, 0.2) is 0 Å². The molecule has 1 amide bonds. The molecule has 2 aliphatic heterocycles. The third-order valence-corrected chi connectivity index (χ3v) is 4.71. The van der Waals surface area contributed by atoms with Crippen LogP contribution >= 0.6 is 0 Å². The zero-order valence-electron chi connectivity index (χ0n) is 13.3. The number of rotatable bonds is 5. The Kier molecular flexibility index (Phi) is 4.83. The van der Waals surface area contributed by atoms with Gasteiger partial charge in [-0.1, -0.05) is 18.2 Å². The van der Waals surface area contributed by atoms with Crippen molar-refractivity contribution in [2.45, 2.75) is 18.9 Å². The zero-order valence-corrected chi connectivity index (χ0v) is 13.3. The summed E-state index contributed by atoms with van der Waals surface area (Å²) in [6.45, 7) is 5.12. The number of nitrogens with zero attached hydrogens (tertiary/aromatic N) is 3. The van der Waals surface area contributed by atoms with Gasteiger partial charge in [0.05, 0.1) is 6.54 Å². The van der Waals surface area contributed by atoms with E-state index in [2.05, 4.69) is 47.2 Å². The smallest absolute Gasteiger partial charge is 0.409 e. The molecule has 3 rings (SSSR count). The van der Waals surface area contributed by atoms with Crippen molar-refractivity contribution in [3.63, 3.8) is 0 Å². The highest BCUT2D eigenvalue weighted by Gasteiger charge is 2.26. The fourth-order valence-corrected chi connectivity index (χ4v) is 3.28. The Labute approximate surface area is 132 Å². The van der Waals surface area contributed by atoms with Gasteiger partial charge in [0, 0.05) is 37.9 Å². The summed E-state index contributed by atoms with van der Waals surface area (Å²) in [7, 11) is 2.17. The van der Waals surface area contributed by atoms with Crippen molar-refractivity contribution in [1.82, 2.24) is 9.80 Å². The van der Waals surface area contributed by atoms with E-state index in [0.717, 1.165) is 32.7 Å². The summed E-state index contributed by atoms with van der Waals surface area (Å²) in [6, 6.07) is 11.2. The summed E-state index contributed by atoms with van der Waals surface area (Å²) in [5.74, 6) is 0. The summed E-state index contributed by atoms with van der Waals surface area (Å²) >= 11 is 0. The molecule has 1 atom stereocenters. The van der Waals surface area contributed by atoms with E-state index < -0.39 is 0 Å². The Morgan fingerprint density at radius 3 is 2.82 bits per heavy atom. The number of amides is 1. The van der Waals surface area contributed by atoms with Crippen LogP contribution in [-0.2, 0) is 4.74 Å². The normalized spacial score (nSPS) is 22.3. The average molecular weight is 303 g/mol. The molecule has 5 heteroatoms. The van der Waals surface area contributed by atoms with E-state index in [0.29, 0.717) is 12.6 Å². The molecule has 22 heavy (non-hydrogen) atoms. The molecule has 2 aliphatic rings. The van der Waals surface area contributed by atoms with E-state index in [1.54, 1.807) is 4.90 Å². The Bertz CT molecular complexity index is 494. The molecule has 1 aromatic carbocycles. The van der Waals surface area contributed by atoms with Crippen molar-refractivity contribution in [2.75, 3.05) is 51.3 Å². The van der Waals surface area contributed by atoms with E-state index in [4.69, 9.17) is 4.74 Å².